The highest BCUT2D eigenvalue weighted by Crippen LogP contribution is 2.15. The lowest BCUT2D eigenvalue weighted by molar-refractivity contribution is 0.306. The number of carbonyl (C=O) groups excluding carboxylic acids is 1. The molecule has 2 heteroatoms. The van der Waals surface area contributed by atoms with Gasteiger partial charge in [-0.1, -0.05) is 42.5 Å². The van der Waals surface area contributed by atoms with Crippen LogP contribution in [0.5, 0.6) is 5.75 Å². The molecule has 17 heavy (non-hydrogen) atoms. The predicted molar refractivity (Wildman–Crippen MR) is 66.6 cm³/mol. The van der Waals surface area contributed by atoms with Crippen molar-refractivity contribution in [2.45, 2.75) is 13.0 Å². The van der Waals surface area contributed by atoms with Gasteiger partial charge in [-0.15, -0.1) is 0 Å². The molecule has 0 bridgehead atoms. The minimum atomic E-state index is 0.308. The van der Waals surface area contributed by atoms with Crippen LogP contribution in [0.15, 0.2) is 54.6 Å². The topological polar surface area (TPSA) is 26.3 Å². The maximum atomic E-state index is 10.3. The van der Waals surface area contributed by atoms with Crippen molar-refractivity contribution in [3.63, 3.8) is 0 Å². The van der Waals surface area contributed by atoms with Gasteiger partial charge in [-0.05, 0) is 23.3 Å². The first-order chi connectivity index (χ1) is 8.38. The number of ether oxygens (including phenoxy) is 1. The van der Waals surface area contributed by atoms with E-state index in [1.54, 1.807) is 0 Å². The molecule has 0 aromatic heterocycles. The SMILES string of the molecule is O=[C]Cc1cccc(OCc2ccccc2)c1. The number of hydrogen-bond acceptors (Lipinski definition) is 2. The molecule has 0 spiro atoms. The van der Waals surface area contributed by atoms with Crippen molar-refractivity contribution < 1.29 is 9.53 Å². The van der Waals surface area contributed by atoms with Crippen LogP contribution in [0.4, 0.5) is 0 Å². The Kier molecular flexibility index (Phi) is 3.92. The average molecular weight is 225 g/mol. The second-order valence-electron chi connectivity index (χ2n) is 3.74. The van der Waals surface area contributed by atoms with E-state index in [4.69, 9.17) is 4.74 Å². The van der Waals surface area contributed by atoms with Crippen LogP contribution in [0.25, 0.3) is 0 Å². The molecule has 0 saturated carbocycles. The van der Waals surface area contributed by atoms with E-state index in [9.17, 15) is 4.79 Å². The van der Waals surface area contributed by atoms with Crippen LogP contribution in [0, 0.1) is 0 Å². The molecule has 2 nitrogen and oxygen atoms in total. The third-order valence-electron chi connectivity index (χ3n) is 2.42. The average Bonchev–Trinajstić information content (AvgIpc) is 2.39. The molecule has 85 valence electrons. The van der Waals surface area contributed by atoms with Gasteiger partial charge >= 0.3 is 0 Å². The molecule has 0 amide bonds. The Morgan fingerprint density at radius 1 is 0.941 bits per heavy atom. The van der Waals surface area contributed by atoms with Gasteiger partial charge in [-0.3, -0.25) is 4.79 Å². The summed E-state index contributed by atoms with van der Waals surface area (Å²) in [6.07, 6.45) is 2.19. The fraction of sp³-hybridized carbons (Fsp3) is 0.133. The summed E-state index contributed by atoms with van der Waals surface area (Å²) in [5, 5.41) is 0. The van der Waals surface area contributed by atoms with Gasteiger partial charge < -0.3 is 4.74 Å². The Morgan fingerprint density at radius 3 is 2.47 bits per heavy atom. The van der Waals surface area contributed by atoms with Crippen molar-refractivity contribution in [2.24, 2.45) is 0 Å². The van der Waals surface area contributed by atoms with Gasteiger partial charge in [0.2, 0.25) is 6.29 Å². The highest BCUT2D eigenvalue weighted by Gasteiger charge is 1.97. The Bertz CT molecular complexity index is 477. The zero-order chi connectivity index (χ0) is 11.9. The Balaban J connectivity index is 1.99. The largest absolute Gasteiger partial charge is 0.489 e. The van der Waals surface area contributed by atoms with E-state index in [-0.39, 0.29) is 0 Å². The van der Waals surface area contributed by atoms with Gasteiger partial charge in [0, 0.05) is 6.42 Å². The first-order valence-corrected chi connectivity index (χ1v) is 5.49. The highest BCUT2D eigenvalue weighted by atomic mass is 16.5. The molecule has 2 rings (SSSR count). The van der Waals surface area contributed by atoms with Crippen LogP contribution in [0.2, 0.25) is 0 Å². The van der Waals surface area contributed by atoms with E-state index in [1.165, 1.54) is 0 Å². The molecule has 0 atom stereocenters. The number of benzene rings is 2. The molecule has 2 aromatic rings. The molecule has 0 fully saturated rings. The number of hydrogen-bond donors (Lipinski definition) is 0. The van der Waals surface area contributed by atoms with E-state index in [1.807, 2.05) is 60.9 Å². The second-order valence-corrected chi connectivity index (χ2v) is 3.74. The molecule has 0 N–H and O–H groups in total. The standard InChI is InChI=1S/C15H13O2/c16-10-9-13-7-4-8-15(11-13)17-12-14-5-2-1-3-6-14/h1-8,11H,9,12H2. The van der Waals surface area contributed by atoms with Gasteiger partial charge in [-0.25, -0.2) is 0 Å². The second kappa shape index (κ2) is 5.85. The van der Waals surface area contributed by atoms with E-state index < -0.39 is 0 Å². The van der Waals surface area contributed by atoms with Gasteiger partial charge in [0.25, 0.3) is 0 Å². The van der Waals surface area contributed by atoms with E-state index in [0.717, 1.165) is 16.9 Å². The van der Waals surface area contributed by atoms with Crippen molar-refractivity contribution in [3.8, 4) is 5.75 Å². The van der Waals surface area contributed by atoms with E-state index in [2.05, 4.69) is 0 Å². The summed E-state index contributed by atoms with van der Waals surface area (Å²) in [6.45, 7) is 0.537. The highest BCUT2D eigenvalue weighted by molar-refractivity contribution is 5.56. The smallest absolute Gasteiger partial charge is 0.203 e. The van der Waals surface area contributed by atoms with E-state index in [0.29, 0.717) is 13.0 Å². The third-order valence-corrected chi connectivity index (χ3v) is 2.42. The Hall–Kier alpha value is -2.09. The van der Waals surface area contributed by atoms with Crippen molar-refractivity contribution >= 4 is 6.29 Å². The summed E-state index contributed by atoms with van der Waals surface area (Å²) in [4.78, 5) is 10.3. The summed E-state index contributed by atoms with van der Waals surface area (Å²) in [6, 6.07) is 17.5. The van der Waals surface area contributed by atoms with Crippen molar-refractivity contribution in [3.05, 3.63) is 65.7 Å². The molecule has 1 radical (unpaired) electrons. The predicted octanol–water partition coefficient (Wildman–Crippen LogP) is 2.92. The monoisotopic (exact) mass is 225 g/mol. The lowest BCUT2D eigenvalue weighted by atomic mass is 10.1. The Morgan fingerprint density at radius 2 is 1.71 bits per heavy atom. The van der Waals surface area contributed by atoms with Crippen LogP contribution in [-0.2, 0) is 17.8 Å². The van der Waals surface area contributed by atoms with Crippen LogP contribution >= 0.6 is 0 Å². The molecular weight excluding hydrogens is 212 g/mol. The van der Waals surface area contributed by atoms with Gasteiger partial charge in [0.15, 0.2) is 0 Å². The zero-order valence-electron chi connectivity index (χ0n) is 9.43. The normalized spacial score (nSPS) is 9.88. The van der Waals surface area contributed by atoms with E-state index >= 15 is 0 Å². The summed E-state index contributed by atoms with van der Waals surface area (Å²) < 4.78 is 5.65. The molecule has 0 aliphatic heterocycles. The first kappa shape index (κ1) is 11.4. The molecule has 0 aliphatic rings. The van der Waals surface area contributed by atoms with Crippen molar-refractivity contribution in [1.29, 1.82) is 0 Å². The molecule has 2 aromatic carbocycles. The maximum Gasteiger partial charge on any atom is 0.203 e. The third kappa shape index (κ3) is 3.45. The Labute approximate surface area is 101 Å². The zero-order valence-corrected chi connectivity index (χ0v) is 9.43. The fourth-order valence-electron chi connectivity index (χ4n) is 1.57. The molecule has 0 unspecified atom stereocenters. The summed E-state index contributed by atoms with van der Waals surface area (Å²) in [5.41, 5.74) is 2.05. The number of rotatable bonds is 5. The lowest BCUT2D eigenvalue weighted by Gasteiger charge is -2.07. The molecular formula is C15H13O2. The lowest BCUT2D eigenvalue weighted by Crippen LogP contribution is -1.95. The van der Waals surface area contributed by atoms with Crippen LogP contribution < -0.4 is 4.74 Å². The van der Waals surface area contributed by atoms with Crippen LogP contribution in [-0.4, -0.2) is 6.29 Å². The fourth-order valence-corrected chi connectivity index (χ4v) is 1.57. The summed E-state index contributed by atoms with van der Waals surface area (Å²) >= 11 is 0. The van der Waals surface area contributed by atoms with Gasteiger partial charge in [-0.2, -0.15) is 0 Å². The molecule has 0 saturated heterocycles. The van der Waals surface area contributed by atoms with Gasteiger partial charge in [0.05, 0.1) is 0 Å². The minimum absolute atomic E-state index is 0.308. The van der Waals surface area contributed by atoms with Crippen LogP contribution in [0.3, 0.4) is 0 Å². The summed E-state index contributed by atoms with van der Waals surface area (Å²) in [5.74, 6) is 0.779. The van der Waals surface area contributed by atoms with Crippen molar-refractivity contribution in [2.75, 3.05) is 0 Å². The maximum absolute atomic E-state index is 10.3. The summed E-state index contributed by atoms with van der Waals surface area (Å²) in [7, 11) is 0. The van der Waals surface area contributed by atoms with Gasteiger partial charge in [0.1, 0.15) is 12.4 Å². The first-order valence-electron chi connectivity index (χ1n) is 5.49. The molecule has 0 heterocycles. The van der Waals surface area contributed by atoms with Crippen LogP contribution in [0.1, 0.15) is 11.1 Å². The molecule has 0 aliphatic carbocycles. The quantitative estimate of drug-likeness (QED) is 0.782. The minimum Gasteiger partial charge on any atom is -0.489 e. The van der Waals surface area contributed by atoms with Crippen molar-refractivity contribution in [1.82, 2.24) is 0 Å².